The molecule has 0 saturated carbocycles. The van der Waals surface area contributed by atoms with Gasteiger partial charge >= 0.3 is 0 Å². The van der Waals surface area contributed by atoms with Gasteiger partial charge < -0.3 is 10.4 Å². The zero-order valence-corrected chi connectivity index (χ0v) is 10.3. The lowest BCUT2D eigenvalue weighted by Crippen LogP contribution is -2.41. The summed E-state index contributed by atoms with van der Waals surface area (Å²) in [7, 11) is 0. The van der Waals surface area contributed by atoms with Crippen molar-refractivity contribution in [3.05, 3.63) is 30.6 Å². The summed E-state index contributed by atoms with van der Waals surface area (Å²) in [6.07, 6.45) is 5.46. The molecule has 0 amide bonds. The van der Waals surface area contributed by atoms with Crippen LogP contribution in [0, 0.1) is 0 Å². The molecule has 0 fully saturated rings. The van der Waals surface area contributed by atoms with Gasteiger partial charge in [0, 0.05) is 12.4 Å². The van der Waals surface area contributed by atoms with Crippen LogP contribution in [-0.2, 0) is 0 Å². The third-order valence-corrected chi connectivity index (χ3v) is 3.48. The second kappa shape index (κ2) is 4.75. The van der Waals surface area contributed by atoms with Gasteiger partial charge in [-0.05, 0) is 25.0 Å². The topological polar surface area (TPSA) is 49.6 Å². The van der Waals surface area contributed by atoms with E-state index in [4.69, 9.17) is 0 Å². The smallest absolute Gasteiger partial charge is 0.138 e. The first-order valence-corrected chi connectivity index (χ1v) is 6.06. The summed E-state index contributed by atoms with van der Waals surface area (Å²) in [6.45, 7) is 4.30. The summed E-state index contributed by atoms with van der Waals surface area (Å²) in [6, 6.07) is 5.94. The van der Waals surface area contributed by atoms with Crippen molar-refractivity contribution in [1.29, 1.82) is 0 Å². The molecule has 17 heavy (non-hydrogen) atoms. The molecule has 0 radical (unpaired) electrons. The zero-order valence-electron chi connectivity index (χ0n) is 10.3. The highest BCUT2D eigenvalue weighted by molar-refractivity contribution is 5.51. The number of rotatable bonds is 5. The molecule has 2 heterocycles. The number of aromatic nitrogens is 2. The minimum absolute atomic E-state index is 0.130. The molecular weight excluding hydrogens is 214 g/mol. The number of fused-ring (bicyclic) bond motifs is 1. The van der Waals surface area contributed by atoms with E-state index in [1.807, 2.05) is 28.8 Å². The van der Waals surface area contributed by atoms with Crippen LogP contribution in [-0.4, -0.2) is 26.6 Å². The van der Waals surface area contributed by atoms with Crippen LogP contribution in [0.15, 0.2) is 30.6 Å². The summed E-state index contributed by atoms with van der Waals surface area (Å²) in [5.41, 5.74) is 0.660. The summed E-state index contributed by atoms with van der Waals surface area (Å²) >= 11 is 0. The van der Waals surface area contributed by atoms with Crippen LogP contribution in [0.3, 0.4) is 0 Å². The van der Waals surface area contributed by atoms with Crippen molar-refractivity contribution in [2.24, 2.45) is 0 Å². The van der Waals surface area contributed by atoms with Crippen LogP contribution in [0.5, 0.6) is 0 Å². The lowest BCUT2D eigenvalue weighted by atomic mass is 9.94. The van der Waals surface area contributed by atoms with E-state index in [1.165, 1.54) is 0 Å². The summed E-state index contributed by atoms with van der Waals surface area (Å²) in [5.74, 6) is 0.970. The van der Waals surface area contributed by atoms with Gasteiger partial charge in [0.05, 0.1) is 12.1 Å². The highest BCUT2D eigenvalue weighted by Gasteiger charge is 2.25. The van der Waals surface area contributed by atoms with Crippen molar-refractivity contribution < 1.29 is 5.11 Å². The van der Waals surface area contributed by atoms with E-state index >= 15 is 0 Å². The fraction of sp³-hybridized carbons (Fsp3) is 0.462. The van der Waals surface area contributed by atoms with E-state index in [0.29, 0.717) is 0 Å². The van der Waals surface area contributed by atoms with Crippen LogP contribution in [0.1, 0.15) is 26.7 Å². The Hall–Kier alpha value is -1.55. The fourth-order valence-corrected chi connectivity index (χ4v) is 2.01. The molecule has 0 aliphatic heterocycles. The second-order valence-electron chi connectivity index (χ2n) is 4.34. The number of nitrogens with one attached hydrogen (secondary N) is 1. The van der Waals surface area contributed by atoms with Gasteiger partial charge in [-0.3, -0.25) is 4.40 Å². The minimum Gasteiger partial charge on any atom is -0.394 e. The molecule has 0 unspecified atom stereocenters. The van der Waals surface area contributed by atoms with E-state index < -0.39 is 0 Å². The number of anilines is 1. The van der Waals surface area contributed by atoms with Crippen molar-refractivity contribution in [1.82, 2.24) is 9.38 Å². The molecule has 0 atom stereocenters. The van der Waals surface area contributed by atoms with Crippen molar-refractivity contribution in [3.8, 4) is 0 Å². The predicted octanol–water partition coefficient (Wildman–Crippen LogP) is 2.30. The van der Waals surface area contributed by atoms with Crippen molar-refractivity contribution >= 4 is 11.5 Å². The van der Waals surface area contributed by atoms with E-state index in [0.717, 1.165) is 24.3 Å². The number of imidazole rings is 1. The molecule has 2 rings (SSSR count). The van der Waals surface area contributed by atoms with Crippen LogP contribution in [0.4, 0.5) is 5.82 Å². The predicted molar refractivity (Wildman–Crippen MR) is 69.2 cm³/mol. The average molecular weight is 233 g/mol. The molecule has 0 aliphatic carbocycles. The molecule has 4 nitrogen and oxygen atoms in total. The lowest BCUT2D eigenvalue weighted by molar-refractivity contribution is 0.202. The number of aliphatic hydroxyl groups excluding tert-OH is 1. The van der Waals surface area contributed by atoms with Gasteiger partial charge in [-0.1, -0.05) is 19.9 Å². The van der Waals surface area contributed by atoms with Gasteiger partial charge in [0.2, 0.25) is 0 Å². The molecular formula is C13H19N3O. The molecule has 0 spiro atoms. The van der Waals surface area contributed by atoms with Gasteiger partial charge in [0.1, 0.15) is 11.5 Å². The molecule has 4 heteroatoms. The van der Waals surface area contributed by atoms with Crippen molar-refractivity contribution in [2.45, 2.75) is 32.2 Å². The highest BCUT2D eigenvalue weighted by Crippen LogP contribution is 2.22. The van der Waals surface area contributed by atoms with Crippen LogP contribution >= 0.6 is 0 Å². The quantitative estimate of drug-likeness (QED) is 0.833. The lowest BCUT2D eigenvalue weighted by Gasteiger charge is -2.32. The van der Waals surface area contributed by atoms with Crippen LogP contribution in [0.2, 0.25) is 0 Å². The first-order chi connectivity index (χ1) is 8.24. The monoisotopic (exact) mass is 233 g/mol. The Bertz CT molecular complexity index is 480. The SMILES string of the molecule is CCC(CC)(CO)Nc1cccc2nccn12. The van der Waals surface area contributed by atoms with Gasteiger partial charge in [0.15, 0.2) is 0 Å². The Morgan fingerprint density at radius 3 is 2.76 bits per heavy atom. The number of pyridine rings is 1. The maximum atomic E-state index is 9.57. The van der Waals surface area contributed by atoms with Gasteiger partial charge in [-0.2, -0.15) is 0 Å². The molecule has 0 aromatic carbocycles. The third-order valence-electron chi connectivity index (χ3n) is 3.48. The first-order valence-electron chi connectivity index (χ1n) is 6.06. The maximum absolute atomic E-state index is 9.57. The normalized spacial score (nSPS) is 11.9. The Kier molecular flexibility index (Phi) is 3.33. The zero-order chi connectivity index (χ0) is 12.3. The van der Waals surface area contributed by atoms with E-state index in [-0.39, 0.29) is 12.1 Å². The van der Waals surface area contributed by atoms with E-state index in [1.54, 1.807) is 6.20 Å². The standard InChI is InChI=1S/C13H19N3O/c1-3-13(4-2,10-17)15-12-7-5-6-11-14-8-9-16(11)12/h5-9,15,17H,3-4,10H2,1-2H3. The Morgan fingerprint density at radius 1 is 1.35 bits per heavy atom. The largest absolute Gasteiger partial charge is 0.394 e. The molecule has 2 aromatic rings. The van der Waals surface area contributed by atoms with Crippen LogP contribution in [0.25, 0.3) is 5.65 Å². The minimum atomic E-state index is -0.251. The molecule has 0 bridgehead atoms. The van der Waals surface area contributed by atoms with Gasteiger partial charge in [0.25, 0.3) is 0 Å². The Labute approximate surface area is 101 Å². The second-order valence-corrected chi connectivity index (χ2v) is 4.34. The molecule has 92 valence electrons. The summed E-state index contributed by atoms with van der Waals surface area (Å²) in [5, 5.41) is 13.0. The van der Waals surface area contributed by atoms with E-state index in [9.17, 15) is 5.11 Å². The Balaban J connectivity index is 2.37. The fourth-order valence-electron chi connectivity index (χ4n) is 2.01. The van der Waals surface area contributed by atoms with Crippen molar-refractivity contribution in [2.75, 3.05) is 11.9 Å². The number of nitrogens with zero attached hydrogens (tertiary/aromatic N) is 2. The highest BCUT2D eigenvalue weighted by atomic mass is 16.3. The maximum Gasteiger partial charge on any atom is 0.138 e. The van der Waals surface area contributed by atoms with Crippen molar-refractivity contribution in [3.63, 3.8) is 0 Å². The third kappa shape index (κ3) is 2.13. The summed E-state index contributed by atoms with van der Waals surface area (Å²) < 4.78 is 2.00. The average Bonchev–Trinajstić information content (AvgIpc) is 2.85. The summed E-state index contributed by atoms with van der Waals surface area (Å²) in [4.78, 5) is 4.25. The van der Waals surface area contributed by atoms with E-state index in [2.05, 4.69) is 24.1 Å². The Morgan fingerprint density at radius 2 is 2.12 bits per heavy atom. The molecule has 0 aliphatic rings. The number of hydrogen-bond acceptors (Lipinski definition) is 3. The molecule has 0 saturated heterocycles. The van der Waals surface area contributed by atoms with Gasteiger partial charge in [-0.25, -0.2) is 4.98 Å². The van der Waals surface area contributed by atoms with Gasteiger partial charge in [-0.15, -0.1) is 0 Å². The molecule has 2 aromatic heterocycles. The molecule has 2 N–H and O–H groups in total. The van der Waals surface area contributed by atoms with Crippen LogP contribution < -0.4 is 5.32 Å². The number of aliphatic hydroxyl groups is 1. The number of hydrogen-bond donors (Lipinski definition) is 2. The first kappa shape index (κ1) is 11.9.